The fourth-order valence-electron chi connectivity index (χ4n) is 3.34. The molecule has 3 rings (SSSR count). The number of H-pyrrole nitrogens is 1. The summed E-state index contributed by atoms with van der Waals surface area (Å²) in [5.41, 5.74) is -4.07. The fraction of sp³-hybridized carbons (Fsp3) is 0.476. The number of aliphatic hydroxyl groups excluding tert-OH is 1. The van der Waals surface area contributed by atoms with Gasteiger partial charge in [0.2, 0.25) is 5.75 Å². The molecule has 0 aliphatic carbocycles. The van der Waals surface area contributed by atoms with Crippen LogP contribution in [-0.2, 0) is 14.3 Å². The fourth-order valence-corrected chi connectivity index (χ4v) is 4.08. The molecular formula is C21H23F3N3O9P. The molecule has 1 aromatic heterocycles. The molecule has 1 aromatic carbocycles. The van der Waals surface area contributed by atoms with E-state index in [2.05, 4.69) is 9.48 Å². The highest BCUT2D eigenvalue weighted by atomic mass is 31.1. The maximum atomic E-state index is 15.3. The topological polar surface area (TPSA) is 164 Å². The van der Waals surface area contributed by atoms with Gasteiger partial charge in [-0.25, -0.2) is 22.8 Å². The molecule has 1 unspecified atom stereocenters. The van der Waals surface area contributed by atoms with Gasteiger partial charge < -0.3 is 24.2 Å². The molecule has 6 atom stereocenters. The lowest BCUT2D eigenvalue weighted by Crippen LogP contribution is -2.43. The van der Waals surface area contributed by atoms with Gasteiger partial charge in [0.25, 0.3) is 12.0 Å². The van der Waals surface area contributed by atoms with Crippen LogP contribution in [0.25, 0.3) is 0 Å². The van der Waals surface area contributed by atoms with Crippen molar-refractivity contribution in [1.82, 2.24) is 9.55 Å². The van der Waals surface area contributed by atoms with Crippen LogP contribution >= 0.6 is 8.17 Å². The van der Waals surface area contributed by atoms with Crippen LogP contribution in [0, 0.1) is 0 Å². The zero-order valence-electron chi connectivity index (χ0n) is 19.5. The Morgan fingerprint density at radius 1 is 1.32 bits per heavy atom. The third-order valence-corrected chi connectivity index (χ3v) is 6.10. The number of halogens is 3. The second-order valence-corrected chi connectivity index (χ2v) is 8.93. The van der Waals surface area contributed by atoms with Crippen LogP contribution in [0.3, 0.4) is 0 Å². The van der Waals surface area contributed by atoms with Gasteiger partial charge in [-0.2, -0.15) is 0 Å². The van der Waals surface area contributed by atoms with E-state index in [0.29, 0.717) is 0 Å². The van der Waals surface area contributed by atoms with Crippen molar-refractivity contribution in [1.29, 1.82) is 0 Å². The van der Waals surface area contributed by atoms with Crippen molar-refractivity contribution in [2.24, 2.45) is 4.74 Å². The van der Waals surface area contributed by atoms with E-state index in [0.717, 1.165) is 23.8 Å². The van der Waals surface area contributed by atoms with Gasteiger partial charge in [-0.1, -0.05) is 16.9 Å². The van der Waals surface area contributed by atoms with Gasteiger partial charge in [-0.05, 0) is 26.0 Å². The highest BCUT2D eigenvalue weighted by Gasteiger charge is 2.55. The third-order valence-electron chi connectivity index (χ3n) is 5.21. The Balaban J connectivity index is 1.68. The van der Waals surface area contributed by atoms with E-state index in [1.54, 1.807) is 0 Å². The molecule has 0 bridgehead atoms. The number of para-hydroxylation sites is 2. The number of aromatic nitrogens is 2. The van der Waals surface area contributed by atoms with Crippen molar-refractivity contribution in [3.05, 3.63) is 57.4 Å². The maximum absolute atomic E-state index is 15.3. The first-order chi connectivity index (χ1) is 17.4. The van der Waals surface area contributed by atoms with E-state index in [1.165, 1.54) is 31.2 Å². The maximum Gasteiger partial charge on any atom is 0.395 e. The summed E-state index contributed by atoms with van der Waals surface area (Å²) in [7, 11) is -2.86. The highest BCUT2D eigenvalue weighted by molar-refractivity contribution is 7.34. The van der Waals surface area contributed by atoms with Crippen molar-refractivity contribution in [3.8, 4) is 11.5 Å². The molecule has 1 aliphatic rings. The first kappa shape index (κ1) is 28.3. The molecule has 2 heterocycles. The van der Waals surface area contributed by atoms with Crippen LogP contribution in [0.15, 0.2) is 50.9 Å². The minimum absolute atomic E-state index is 0.00463. The quantitative estimate of drug-likeness (QED) is 0.325. The molecule has 0 spiro atoms. The number of esters is 1. The summed E-state index contributed by atoms with van der Waals surface area (Å²) < 4.78 is 64.6. The summed E-state index contributed by atoms with van der Waals surface area (Å²) in [5.74, 6) is -1.21. The van der Waals surface area contributed by atoms with E-state index >= 15 is 4.39 Å². The summed E-state index contributed by atoms with van der Waals surface area (Å²) in [6.45, 7) is 0.651. The second kappa shape index (κ2) is 11.9. The van der Waals surface area contributed by atoms with E-state index in [1.807, 2.05) is 4.98 Å². The normalized spacial score (nSPS) is 24.6. The number of aromatic amines is 1. The molecule has 2 N–H and O–H groups in total. The molecule has 0 radical (unpaired) electrons. The Labute approximate surface area is 208 Å². The summed E-state index contributed by atoms with van der Waals surface area (Å²) in [4.78, 5) is 49.2. The number of nitrogens with zero attached hydrogens (tertiary/aromatic N) is 2. The number of hydrogen-bond donors (Lipinski definition) is 2. The number of carbonyl (C=O) groups excluding carboxylic acids is 1. The Morgan fingerprint density at radius 3 is 2.65 bits per heavy atom. The molecule has 1 saturated heterocycles. The number of nitrogens with one attached hydrogen (secondary N) is 1. The van der Waals surface area contributed by atoms with Gasteiger partial charge in [0.15, 0.2) is 30.3 Å². The van der Waals surface area contributed by atoms with E-state index in [4.69, 9.17) is 14.0 Å². The molecule has 0 saturated carbocycles. The largest absolute Gasteiger partial charge is 0.575 e. The molecule has 202 valence electrons. The van der Waals surface area contributed by atoms with Crippen LogP contribution in [0.5, 0.6) is 11.5 Å². The number of ether oxygens (including phenoxy) is 3. The zero-order chi connectivity index (χ0) is 27.3. The Morgan fingerprint density at radius 2 is 2.00 bits per heavy atom. The molecule has 16 heteroatoms. The lowest BCUT2D eigenvalue weighted by atomic mass is 9.98. The average molecular weight is 549 g/mol. The van der Waals surface area contributed by atoms with Crippen molar-refractivity contribution in [2.45, 2.75) is 50.4 Å². The second-order valence-electron chi connectivity index (χ2n) is 8.04. The minimum Gasteiger partial charge on any atom is -0.575 e. The Kier molecular flexibility index (Phi) is 9.07. The monoisotopic (exact) mass is 549 g/mol. The summed E-state index contributed by atoms with van der Waals surface area (Å²) in [6, 6.07) is 5.43. The summed E-state index contributed by atoms with van der Waals surface area (Å²) >= 11 is 0. The number of benzene rings is 1. The Hall–Kier alpha value is -3.26. The third kappa shape index (κ3) is 6.95. The summed E-state index contributed by atoms with van der Waals surface area (Å²) in [5, 5.41) is 10.5. The smallest absolute Gasteiger partial charge is 0.395 e. The van der Waals surface area contributed by atoms with Crippen LogP contribution in [0.1, 0.15) is 20.1 Å². The standard InChI is InChI=1S/C21H23F3N3O9P/c1-11(18(30)34-10-15(22)23)26-37(32)36-13-6-4-3-5-12(13)33-9-14-17(29)21(2,24)19(35-14)27-8-7-16(28)25-20(27)31/h3-8,11,14-15,17,19,29H,9-10H2,1-2H3,(H,25,28,31)/t11-,14+,17+,19+,21+/m0/s1. The van der Waals surface area contributed by atoms with Gasteiger partial charge in [-0.15, -0.1) is 0 Å². The number of alkyl halides is 3. The zero-order valence-corrected chi connectivity index (χ0v) is 20.3. The summed E-state index contributed by atoms with van der Waals surface area (Å²) in [6.07, 6.45) is -6.42. The number of carbonyl (C=O) groups is 1. The van der Waals surface area contributed by atoms with Crippen LogP contribution in [0.4, 0.5) is 13.2 Å². The van der Waals surface area contributed by atoms with Gasteiger partial charge in [0.05, 0.1) is 0 Å². The molecule has 0 amide bonds. The van der Waals surface area contributed by atoms with Crippen LogP contribution in [0.2, 0.25) is 0 Å². The SMILES string of the molecule is C[C@H](N=[P+]([O-])Oc1ccccc1OC[C@H]1O[C@@H](n2ccc(=O)[nH]c2=O)[C@](C)(F)[C@@H]1O)C(=O)OCC(F)F. The number of rotatable bonds is 10. The van der Waals surface area contributed by atoms with Crippen molar-refractivity contribution >= 4 is 14.1 Å². The molecule has 2 aromatic rings. The Bertz CT molecular complexity index is 1250. The lowest BCUT2D eigenvalue weighted by Gasteiger charge is -2.24. The number of hydrogen-bond acceptors (Lipinski definition) is 10. The lowest BCUT2D eigenvalue weighted by molar-refractivity contribution is -0.170. The van der Waals surface area contributed by atoms with Gasteiger partial charge in [0.1, 0.15) is 18.8 Å². The minimum atomic E-state index is -2.87. The van der Waals surface area contributed by atoms with E-state index < -0.39 is 75.2 Å². The molecule has 1 aliphatic heterocycles. The van der Waals surface area contributed by atoms with E-state index in [-0.39, 0.29) is 11.5 Å². The molecule has 1 fully saturated rings. The first-order valence-corrected chi connectivity index (χ1v) is 11.9. The number of aliphatic hydroxyl groups is 1. The molecule has 12 nitrogen and oxygen atoms in total. The van der Waals surface area contributed by atoms with Gasteiger partial charge in [0, 0.05) is 12.3 Å². The highest BCUT2D eigenvalue weighted by Crippen LogP contribution is 2.41. The first-order valence-electron chi connectivity index (χ1n) is 10.8. The van der Waals surface area contributed by atoms with E-state index in [9.17, 15) is 33.2 Å². The molecule has 37 heavy (non-hydrogen) atoms. The average Bonchev–Trinajstić information content (AvgIpc) is 3.05. The predicted molar refractivity (Wildman–Crippen MR) is 119 cm³/mol. The van der Waals surface area contributed by atoms with Crippen molar-refractivity contribution in [2.75, 3.05) is 13.2 Å². The van der Waals surface area contributed by atoms with Crippen molar-refractivity contribution in [3.63, 3.8) is 0 Å². The van der Waals surface area contributed by atoms with Crippen LogP contribution < -0.4 is 25.4 Å². The van der Waals surface area contributed by atoms with Gasteiger partial charge in [-0.3, -0.25) is 18.9 Å². The van der Waals surface area contributed by atoms with Crippen molar-refractivity contribution < 1.29 is 46.7 Å². The van der Waals surface area contributed by atoms with Gasteiger partial charge >= 0.3 is 19.8 Å². The predicted octanol–water partition coefficient (Wildman–Crippen LogP) is 1.03. The van der Waals surface area contributed by atoms with Crippen LogP contribution in [-0.4, -0.2) is 64.2 Å². The molecular weight excluding hydrogens is 526 g/mol.